The molecule has 10 heteroatoms. The molecule has 0 N–H and O–H groups in total. The molecule has 1 aromatic heterocycles. The standard InChI is InChI=1S/C42H40Cl2FN3O4/c1-29-21-34(24-36(45)22-29)28-51-38-12-13-40(46-26-38)52-42-30(2)23-33(25-39(42)44)7-14-41(49)48-18-16-47(17-19-48)27-32-5-3-31(4-6-32)15-20-50-37-10-8-35(43)9-11-37/h3-14,21-26H,15-20,27-28H2,1-2H3. The third kappa shape index (κ3) is 10.6. The van der Waals surface area contributed by atoms with Crippen molar-refractivity contribution in [3.63, 3.8) is 0 Å². The van der Waals surface area contributed by atoms with E-state index in [4.69, 9.17) is 37.4 Å². The van der Waals surface area contributed by atoms with Crippen LogP contribution in [-0.2, 0) is 24.4 Å². The Balaban J connectivity index is 0.935. The lowest BCUT2D eigenvalue weighted by Gasteiger charge is -2.34. The maximum absolute atomic E-state index is 13.7. The van der Waals surface area contributed by atoms with Crippen LogP contribution < -0.4 is 14.2 Å². The van der Waals surface area contributed by atoms with Crippen molar-refractivity contribution in [3.8, 4) is 23.1 Å². The number of carbonyl (C=O) groups excluding carboxylic acids is 1. The number of amides is 1. The lowest BCUT2D eigenvalue weighted by Crippen LogP contribution is -2.47. The van der Waals surface area contributed by atoms with E-state index in [2.05, 4.69) is 34.1 Å². The van der Waals surface area contributed by atoms with Crippen LogP contribution in [0.2, 0.25) is 10.0 Å². The highest BCUT2D eigenvalue weighted by atomic mass is 35.5. The zero-order valence-corrected chi connectivity index (χ0v) is 30.7. The minimum absolute atomic E-state index is 0.0297. The van der Waals surface area contributed by atoms with Crippen molar-refractivity contribution >= 4 is 35.2 Å². The molecule has 0 bridgehead atoms. The average molecular weight is 741 g/mol. The lowest BCUT2D eigenvalue weighted by atomic mass is 10.1. The number of hydrogen-bond donors (Lipinski definition) is 0. The first kappa shape index (κ1) is 36.9. The minimum Gasteiger partial charge on any atom is -0.493 e. The molecule has 4 aromatic carbocycles. The molecule has 2 heterocycles. The fourth-order valence-electron chi connectivity index (χ4n) is 5.95. The quantitative estimate of drug-likeness (QED) is 0.112. The maximum atomic E-state index is 13.7. The number of rotatable bonds is 13. The predicted molar refractivity (Wildman–Crippen MR) is 204 cm³/mol. The van der Waals surface area contributed by atoms with Crippen LogP contribution >= 0.6 is 23.2 Å². The Labute approximate surface area is 314 Å². The number of hydrogen-bond acceptors (Lipinski definition) is 6. The van der Waals surface area contributed by atoms with Crippen molar-refractivity contribution in [1.29, 1.82) is 0 Å². The Bertz CT molecular complexity index is 1950. The number of ether oxygens (including phenoxy) is 3. The second-order valence-corrected chi connectivity index (χ2v) is 13.7. The first-order valence-corrected chi connectivity index (χ1v) is 17.9. The Morgan fingerprint density at radius 3 is 2.25 bits per heavy atom. The van der Waals surface area contributed by atoms with Gasteiger partial charge in [-0.3, -0.25) is 9.69 Å². The predicted octanol–water partition coefficient (Wildman–Crippen LogP) is 9.49. The summed E-state index contributed by atoms with van der Waals surface area (Å²) >= 11 is 12.6. The number of benzene rings is 4. The number of pyridine rings is 1. The largest absolute Gasteiger partial charge is 0.493 e. The van der Waals surface area contributed by atoms with Gasteiger partial charge in [0.05, 0.1) is 17.8 Å². The zero-order valence-electron chi connectivity index (χ0n) is 29.2. The van der Waals surface area contributed by atoms with Gasteiger partial charge in [-0.2, -0.15) is 0 Å². The fraction of sp³-hybridized carbons (Fsp3) is 0.238. The zero-order chi connectivity index (χ0) is 36.5. The third-order valence-electron chi connectivity index (χ3n) is 8.68. The van der Waals surface area contributed by atoms with E-state index in [1.807, 2.05) is 55.1 Å². The van der Waals surface area contributed by atoms with Gasteiger partial charge in [-0.05, 0) is 108 Å². The van der Waals surface area contributed by atoms with Crippen LogP contribution in [0.15, 0.2) is 103 Å². The highest BCUT2D eigenvalue weighted by Crippen LogP contribution is 2.34. The number of aryl methyl sites for hydroxylation is 2. The molecule has 5 aromatic rings. The van der Waals surface area contributed by atoms with Gasteiger partial charge in [-0.25, -0.2) is 9.37 Å². The highest BCUT2D eigenvalue weighted by molar-refractivity contribution is 6.32. The van der Waals surface area contributed by atoms with Gasteiger partial charge in [-0.15, -0.1) is 0 Å². The summed E-state index contributed by atoms with van der Waals surface area (Å²) in [6.07, 6.45) is 5.75. The minimum atomic E-state index is -0.293. The van der Waals surface area contributed by atoms with E-state index in [0.29, 0.717) is 47.1 Å². The van der Waals surface area contributed by atoms with Crippen LogP contribution in [0.4, 0.5) is 4.39 Å². The lowest BCUT2D eigenvalue weighted by molar-refractivity contribution is -0.127. The summed E-state index contributed by atoms with van der Waals surface area (Å²) in [6, 6.07) is 27.9. The van der Waals surface area contributed by atoms with Gasteiger partial charge in [0.25, 0.3) is 0 Å². The molecule has 0 atom stereocenters. The number of carbonyl (C=O) groups is 1. The van der Waals surface area contributed by atoms with Gasteiger partial charge in [0, 0.05) is 56.3 Å². The Morgan fingerprint density at radius 1 is 0.827 bits per heavy atom. The number of halogens is 3. The molecule has 0 aliphatic carbocycles. The molecule has 6 rings (SSSR count). The van der Waals surface area contributed by atoms with Gasteiger partial charge < -0.3 is 19.1 Å². The first-order chi connectivity index (χ1) is 25.2. The Hall–Kier alpha value is -4.89. The smallest absolute Gasteiger partial charge is 0.246 e. The number of piperazine rings is 1. The monoisotopic (exact) mass is 739 g/mol. The van der Waals surface area contributed by atoms with E-state index in [9.17, 15) is 9.18 Å². The Morgan fingerprint density at radius 2 is 1.56 bits per heavy atom. The molecule has 0 spiro atoms. The molecule has 1 fully saturated rings. The summed E-state index contributed by atoms with van der Waals surface area (Å²) in [4.78, 5) is 21.6. The van der Waals surface area contributed by atoms with Crippen LogP contribution in [0.25, 0.3) is 6.08 Å². The van der Waals surface area contributed by atoms with Gasteiger partial charge in [0.2, 0.25) is 11.8 Å². The Kier molecular flexibility index (Phi) is 12.5. The highest BCUT2D eigenvalue weighted by Gasteiger charge is 2.20. The van der Waals surface area contributed by atoms with Crippen molar-refractivity contribution in [3.05, 3.63) is 153 Å². The molecule has 1 saturated heterocycles. The van der Waals surface area contributed by atoms with Crippen LogP contribution in [0.3, 0.4) is 0 Å². The summed E-state index contributed by atoms with van der Waals surface area (Å²) in [5.74, 6) is 1.86. The van der Waals surface area contributed by atoms with Crippen molar-refractivity contribution in [2.75, 3.05) is 32.8 Å². The second-order valence-electron chi connectivity index (χ2n) is 12.8. The van der Waals surface area contributed by atoms with E-state index in [1.54, 1.807) is 36.5 Å². The summed E-state index contributed by atoms with van der Waals surface area (Å²) in [5, 5.41) is 1.10. The number of nitrogens with zero attached hydrogens (tertiary/aromatic N) is 3. The van der Waals surface area contributed by atoms with E-state index in [0.717, 1.165) is 54.1 Å². The molecule has 1 amide bonds. The molecule has 268 valence electrons. The molecule has 0 radical (unpaired) electrons. The molecule has 7 nitrogen and oxygen atoms in total. The van der Waals surface area contributed by atoms with Crippen LogP contribution in [-0.4, -0.2) is 53.5 Å². The van der Waals surface area contributed by atoms with Gasteiger partial charge in [0.1, 0.15) is 23.9 Å². The molecule has 1 aliphatic heterocycles. The van der Waals surface area contributed by atoms with E-state index in [1.165, 1.54) is 23.3 Å². The summed E-state index contributed by atoms with van der Waals surface area (Å²) < 4.78 is 31.2. The fourth-order valence-corrected chi connectivity index (χ4v) is 6.39. The molecule has 0 unspecified atom stereocenters. The molecule has 1 aliphatic rings. The van der Waals surface area contributed by atoms with Crippen molar-refractivity contribution < 1.29 is 23.4 Å². The van der Waals surface area contributed by atoms with E-state index in [-0.39, 0.29) is 18.3 Å². The first-order valence-electron chi connectivity index (χ1n) is 17.2. The summed E-state index contributed by atoms with van der Waals surface area (Å²) in [7, 11) is 0. The van der Waals surface area contributed by atoms with Gasteiger partial charge in [0.15, 0.2) is 5.75 Å². The van der Waals surface area contributed by atoms with Gasteiger partial charge >= 0.3 is 0 Å². The topological polar surface area (TPSA) is 64.1 Å². The third-order valence-corrected chi connectivity index (χ3v) is 9.21. The van der Waals surface area contributed by atoms with E-state index >= 15 is 0 Å². The van der Waals surface area contributed by atoms with E-state index < -0.39 is 0 Å². The van der Waals surface area contributed by atoms with Crippen LogP contribution in [0.1, 0.15) is 33.4 Å². The van der Waals surface area contributed by atoms with Crippen molar-refractivity contribution in [1.82, 2.24) is 14.8 Å². The SMILES string of the molecule is Cc1cc(F)cc(COc2ccc(Oc3c(C)cc(C=CC(=O)N4CCN(Cc5ccc(CCOc6ccc(Cl)cc6)cc5)CC4)cc3Cl)nc2)c1. The molecule has 52 heavy (non-hydrogen) atoms. The maximum Gasteiger partial charge on any atom is 0.246 e. The summed E-state index contributed by atoms with van der Waals surface area (Å²) in [5.41, 5.74) is 5.64. The molecular weight excluding hydrogens is 700 g/mol. The van der Waals surface area contributed by atoms with Crippen LogP contribution in [0.5, 0.6) is 23.1 Å². The van der Waals surface area contributed by atoms with Crippen LogP contribution in [0, 0.1) is 19.7 Å². The normalized spacial score (nSPS) is 13.4. The molecule has 0 saturated carbocycles. The second kappa shape index (κ2) is 17.6. The number of aromatic nitrogens is 1. The average Bonchev–Trinajstić information content (AvgIpc) is 3.13. The summed E-state index contributed by atoms with van der Waals surface area (Å²) in [6.45, 7) is 8.34. The van der Waals surface area contributed by atoms with Gasteiger partial charge in [-0.1, -0.05) is 53.5 Å². The molecular formula is C42H40Cl2FN3O4. The van der Waals surface area contributed by atoms with Crippen molar-refractivity contribution in [2.24, 2.45) is 0 Å². The van der Waals surface area contributed by atoms with Crippen molar-refractivity contribution in [2.45, 2.75) is 33.4 Å².